The zero-order valence-electron chi connectivity index (χ0n) is 14.2. The molecule has 0 unspecified atom stereocenters. The predicted octanol–water partition coefficient (Wildman–Crippen LogP) is 3.87. The molecule has 0 heterocycles. The van der Waals surface area contributed by atoms with Gasteiger partial charge in [-0.05, 0) is 39.2 Å². The Morgan fingerprint density at radius 3 is 2.12 bits per heavy atom. The third-order valence-electron chi connectivity index (χ3n) is 2.64. The number of nitrogens with zero attached hydrogens (tertiary/aromatic N) is 1. The van der Waals surface area contributed by atoms with Gasteiger partial charge in [-0.3, -0.25) is 13.7 Å². The Morgan fingerprint density at radius 1 is 1.08 bits per heavy atom. The van der Waals surface area contributed by atoms with Gasteiger partial charge >= 0.3 is 13.8 Å². The summed E-state index contributed by atoms with van der Waals surface area (Å²) in [5.41, 5.74) is 0.370. The van der Waals surface area contributed by atoms with E-state index in [1.807, 2.05) is 18.4 Å². The molecular formula is C15H22NO6PS. The summed E-state index contributed by atoms with van der Waals surface area (Å²) in [6.45, 7) is 5.38. The Kier molecular flexibility index (Phi) is 9.07. The first kappa shape index (κ1) is 20.7. The van der Waals surface area contributed by atoms with Crippen molar-refractivity contribution in [3.63, 3.8) is 0 Å². The van der Waals surface area contributed by atoms with Crippen LogP contribution < -0.4 is 0 Å². The molecule has 1 aromatic rings. The van der Waals surface area contributed by atoms with Crippen LogP contribution in [-0.4, -0.2) is 37.8 Å². The number of phosphoric acid groups is 1. The van der Waals surface area contributed by atoms with Crippen molar-refractivity contribution in [2.45, 2.75) is 25.7 Å². The predicted molar refractivity (Wildman–Crippen MR) is 93.3 cm³/mol. The molecule has 1 rings (SSSR count). The van der Waals surface area contributed by atoms with E-state index in [1.165, 1.54) is 0 Å². The number of carbonyl (C=O) groups excluding carboxylic acids is 1. The molecule has 134 valence electrons. The van der Waals surface area contributed by atoms with Gasteiger partial charge in [0.2, 0.25) is 0 Å². The molecule has 9 heteroatoms. The third-order valence-corrected chi connectivity index (χ3v) is 4.81. The van der Waals surface area contributed by atoms with Crippen molar-refractivity contribution < 1.29 is 27.8 Å². The molecule has 0 saturated heterocycles. The second-order valence-corrected chi connectivity index (χ2v) is 6.71. The Morgan fingerprint density at radius 2 is 1.67 bits per heavy atom. The molecule has 0 aromatic heterocycles. The summed E-state index contributed by atoms with van der Waals surface area (Å²) in [5, 5.41) is 3.70. The minimum Gasteiger partial charge on any atom is -0.461 e. The van der Waals surface area contributed by atoms with Gasteiger partial charge in [0, 0.05) is 10.5 Å². The molecular weight excluding hydrogens is 353 g/mol. The number of esters is 1. The molecule has 0 aliphatic carbocycles. The van der Waals surface area contributed by atoms with Gasteiger partial charge in [0.05, 0.1) is 19.8 Å². The number of phosphoric ester groups is 1. The smallest absolute Gasteiger partial charge is 0.461 e. The molecule has 0 fully saturated rings. The first-order valence-electron chi connectivity index (χ1n) is 7.47. The molecule has 0 amide bonds. The lowest BCUT2D eigenvalue weighted by molar-refractivity contribution is -0.135. The van der Waals surface area contributed by atoms with Crippen molar-refractivity contribution in [2.75, 3.05) is 26.1 Å². The fourth-order valence-electron chi connectivity index (χ4n) is 1.65. The van der Waals surface area contributed by atoms with E-state index in [0.29, 0.717) is 5.56 Å². The van der Waals surface area contributed by atoms with Gasteiger partial charge in [-0.25, -0.2) is 9.36 Å². The highest BCUT2D eigenvalue weighted by molar-refractivity contribution is 7.98. The quantitative estimate of drug-likeness (QED) is 0.202. The molecule has 0 bridgehead atoms. The summed E-state index contributed by atoms with van der Waals surface area (Å²) >= 11 is 1.57. The maximum atomic E-state index is 12.3. The molecule has 1 aromatic carbocycles. The second-order valence-electron chi connectivity index (χ2n) is 4.25. The Balaban J connectivity index is 3.11. The number of benzene rings is 1. The van der Waals surface area contributed by atoms with E-state index >= 15 is 0 Å². The first-order valence-corrected chi connectivity index (χ1v) is 10.2. The Hall–Kier alpha value is -1.34. The van der Waals surface area contributed by atoms with Crippen LogP contribution in [0.25, 0.3) is 0 Å². The van der Waals surface area contributed by atoms with E-state index in [0.717, 1.165) is 4.90 Å². The largest absolute Gasteiger partial charge is 0.550 e. The average molecular weight is 375 g/mol. The summed E-state index contributed by atoms with van der Waals surface area (Å²) < 4.78 is 32.2. The van der Waals surface area contributed by atoms with Crippen molar-refractivity contribution >= 4 is 31.3 Å². The topological polar surface area (TPSA) is 83.4 Å². The molecule has 0 spiro atoms. The van der Waals surface area contributed by atoms with Crippen molar-refractivity contribution in [2.24, 2.45) is 5.16 Å². The third kappa shape index (κ3) is 6.28. The summed E-state index contributed by atoms with van der Waals surface area (Å²) in [7, 11) is -3.87. The highest BCUT2D eigenvalue weighted by Gasteiger charge is 2.28. The van der Waals surface area contributed by atoms with E-state index in [2.05, 4.69) is 5.16 Å². The first-order chi connectivity index (χ1) is 11.5. The summed E-state index contributed by atoms with van der Waals surface area (Å²) in [6.07, 6.45) is 1.94. The highest BCUT2D eigenvalue weighted by atomic mass is 32.2. The minimum atomic E-state index is -3.87. The van der Waals surface area contributed by atoms with Gasteiger partial charge in [-0.1, -0.05) is 17.3 Å². The molecule has 7 nitrogen and oxygen atoms in total. The number of hydrogen-bond donors (Lipinski definition) is 0. The molecule has 0 aliphatic rings. The zero-order valence-corrected chi connectivity index (χ0v) is 15.9. The SMILES string of the molecule is CCOC(=O)C(=NOP(=O)(OCC)OCC)c1ccc(SC)cc1. The van der Waals surface area contributed by atoms with Crippen molar-refractivity contribution in [1.29, 1.82) is 0 Å². The Labute approximate surface area is 146 Å². The van der Waals surface area contributed by atoms with E-state index < -0.39 is 13.8 Å². The highest BCUT2D eigenvalue weighted by Crippen LogP contribution is 2.49. The van der Waals surface area contributed by atoms with Crippen LogP contribution in [0, 0.1) is 0 Å². The minimum absolute atomic E-state index is 0.107. The van der Waals surface area contributed by atoms with Crippen LogP contribution in [-0.2, 0) is 27.8 Å². The lowest BCUT2D eigenvalue weighted by Crippen LogP contribution is -2.19. The van der Waals surface area contributed by atoms with Crippen LogP contribution in [0.1, 0.15) is 26.3 Å². The zero-order chi connectivity index (χ0) is 18.0. The van der Waals surface area contributed by atoms with Crippen molar-refractivity contribution in [3.05, 3.63) is 29.8 Å². The van der Waals surface area contributed by atoms with E-state index in [1.54, 1.807) is 44.7 Å². The van der Waals surface area contributed by atoms with E-state index in [9.17, 15) is 9.36 Å². The number of rotatable bonds is 10. The van der Waals surface area contributed by atoms with Gasteiger partial charge in [0.1, 0.15) is 0 Å². The molecule has 0 atom stereocenters. The number of oxime groups is 1. The van der Waals surface area contributed by atoms with Gasteiger partial charge < -0.3 is 4.74 Å². The number of hydrogen-bond acceptors (Lipinski definition) is 8. The fourth-order valence-corrected chi connectivity index (χ4v) is 3.04. The lowest BCUT2D eigenvalue weighted by Gasteiger charge is -2.14. The lowest BCUT2D eigenvalue weighted by atomic mass is 10.1. The van der Waals surface area contributed by atoms with Crippen molar-refractivity contribution in [1.82, 2.24) is 0 Å². The van der Waals surface area contributed by atoms with Gasteiger partial charge in [-0.2, -0.15) is 0 Å². The van der Waals surface area contributed by atoms with Gasteiger partial charge in [-0.15, -0.1) is 11.8 Å². The standard InChI is InChI=1S/C15H22NO6PS/c1-5-19-15(17)14(12-8-10-13(24-4)11-9-12)16-22-23(18,20-6-2)21-7-3/h8-11H,5-7H2,1-4H3. The van der Waals surface area contributed by atoms with Crippen LogP contribution in [0.5, 0.6) is 0 Å². The number of ether oxygens (including phenoxy) is 1. The molecule has 24 heavy (non-hydrogen) atoms. The van der Waals surface area contributed by atoms with E-state index in [-0.39, 0.29) is 25.5 Å². The fraction of sp³-hybridized carbons (Fsp3) is 0.467. The average Bonchev–Trinajstić information content (AvgIpc) is 2.56. The molecule has 0 radical (unpaired) electrons. The van der Waals surface area contributed by atoms with E-state index in [4.69, 9.17) is 18.4 Å². The van der Waals surface area contributed by atoms with Crippen molar-refractivity contribution in [3.8, 4) is 0 Å². The van der Waals surface area contributed by atoms with Gasteiger partial charge in [0.25, 0.3) is 0 Å². The van der Waals surface area contributed by atoms with Crippen LogP contribution in [0.3, 0.4) is 0 Å². The maximum Gasteiger partial charge on any atom is 0.550 e. The Bertz CT molecular complexity index is 594. The monoisotopic (exact) mass is 375 g/mol. The van der Waals surface area contributed by atoms with Gasteiger partial charge in [0.15, 0.2) is 5.71 Å². The maximum absolute atomic E-state index is 12.3. The molecule has 0 N–H and O–H groups in total. The normalized spacial score (nSPS) is 12.1. The molecule has 0 saturated carbocycles. The van der Waals surface area contributed by atoms with Crippen LogP contribution in [0.2, 0.25) is 0 Å². The summed E-state index contributed by atoms with van der Waals surface area (Å²) in [5.74, 6) is -0.686. The summed E-state index contributed by atoms with van der Waals surface area (Å²) in [4.78, 5) is 13.1. The second kappa shape index (κ2) is 10.5. The number of thioether (sulfide) groups is 1. The van der Waals surface area contributed by atoms with Crippen LogP contribution in [0.15, 0.2) is 34.3 Å². The summed E-state index contributed by atoms with van der Waals surface area (Å²) in [6, 6.07) is 7.08. The number of carbonyl (C=O) groups is 1. The van der Waals surface area contributed by atoms with Crippen LogP contribution in [0.4, 0.5) is 0 Å². The van der Waals surface area contributed by atoms with Crippen LogP contribution >= 0.6 is 19.6 Å². The molecule has 0 aliphatic heterocycles.